The monoisotopic (exact) mass is 280 g/mol. The van der Waals surface area contributed by atoms with E-state index in [1.807, 2.05) is 6.07 Å². The molecule has 1 aromatic rings. The van der Waals surface area contributed by atoms with Crippen molar-refractivity contribution < 1.29 is 19.8 Å². The van der Waals surface area contributed by atoms with Gasteiger partial charge in [0.05, 0.1) is 0 Å². The van der Waals surface area contributed by atoms with Gasteiger partial charge in [-0.25, -0.2) is 0 Å². The summed E-state index contributed by atoms with van der Waals surface area (Å²) < 4.78 is 0. The Morgan fingerprint density at radius 2 is 1.85 bits per heavy atom. The number of carboxylic acids is 2. The molecule has 1 saturated heterocycles. The number of carbonyl (C=O) groups is 2. The first-order valence-electron chi connectivity index (χ1n) is 6.52. The van der Waals surface area contributed by atoms with Gasteiger partial charge >= 0.3 is 11.9 Å². The number of benzene rings is 1. The molecule has 0 amide bonds. The van der Waals surface area contributed by atoms with Gasteiger partial charge in [-0.15, -0.1) is 0 Å². The Hall–Kier alpha value is -1.92. The second-order valence-corrected chi connectivity index (χ2v) is 4.57. The van der Waals surface area contributed by atoms with Gasteiger partial charge in [0.2, 0.25) is 0 Å². The average Bonchev–Trinajstić information content (AvgIpc) is 2.49. The van der Waals surface area contributed by atoms with E-state index in [4.69, 9.17) is 15.9 Å². The number of carboxylic acid groups (broad SMARTS) is 2. The average molecular weight is 280 g/mol. The zero-order valence-electron chi connectivity index (χ0n) is 11.2. The van der Waals surface area contributed by atoms with E-state index in [2.05, 4.69) is 5.32 Å². The quantitative estimate of drug-likeness (QED) is 0.656. The molecule has 1 heterocycles. The maximum atomic E-state index is 10.4. The van der Waals surface area contributed by atoms with Crippen molar-refractivity contribution in [3.63, 3.8) is 0 Å². The molecule has 0 aliphatic carbocycles. The van der Waals surface area contributed by atoms with Gasteiger partial charge in [0.15, 0.2) is 0 Å². The Morgan fingerprint density at radius 3 is 2.25 bits per heavy atom. The first-order chi connectivity index (χ1) is 9.52. The number of aliphatic carboxylic acids is 2. The lowest BCUT2D eigenvalue weighted by Crippen LogP contribution is -2.40. The van der Waals surface area contributed by atoms with Crippen LogP contribution in [0.4, 0.5) is 0 Å². The summed E-state index contributed by atoms with van der Waals surface area (Å²) in [5, 5.41) is 19.9. The molecule has 0 bridgehead atoms. The van der Waals surface area contributed by atoms with Crippen molar-refractivity contribution in [1.29, 1.82) is 0 Å². The van der Waals surface area contributed by atoms with Gasteiger partial charge in [-0.3, -0.25) is 9.59 Å². The van der Waals surface area contributed by atoms with Gasteiger partial charge in [-0.1, -0.05) is 36.8 Å². The van der Waals surface area contributed by atoms with Gasteiger partial charge in [0, 0.05) is 0 Å². The van der Waals surface area contributed by atoms with Crippen LogP contribution in [0.25, 0.3) is 0 Å². The molecular weight excluding hydrogens is 260 g/mol. The lowest BCUT2D eigenvalue weighted by molar-refractivity contribution is -0.140. The summed E-state index contributed by atoms with van der Waals surface area (Å²) in [6, 6.07) is 7.54. The molecule has 5 N–H and O–H groups in total. The number of hydrogen-bond acceptors (Lipinski definition) is 4. The van der Waals surface area contributed by atoms with Crippen LogP contribution in [0, 0.1) is 0 Å². The topological polar surface area (TPSA) is 113 Å². The van der Waals surface area contributed by atoms with E-state index >= 15 is 0 Å². The zero-order chi connectivity index (χ0) is 15.0. The fourth-order valence-electron chi connectivity index (χ4n) is 1.87. The minimum absolute atomic E-state index is 0.279. The van der Waals surface area contributed by atoms with E-state index in [1.165, 1.54) is 0 Å². The molecule has 110 valence electrons. The Labute approximate surface area is 117 Å². The fourth-order valence-corrected chi connectivity index (χ4v) is 1.87. The van der Waals surface area contributed by atoms with E-state index in [1.54, 1.807) is 24.3 Å². The smallest absolute Gasteiger partial charge is 0.325 e. The van der Waals surface area contributed by atoms with Gasteiger partial charge in [-0.05, 0) is 24.9 Å². The van der Waals surface area contributed by atoms with E-state index in [0.29, 0.717) is 5.56 Å². The summed E-state index contributed by atoms with van der Waals surface area (Å²) in [4.78, 5) is 20.7. The lowest BCUT2D eigenvalue weighted by Gasteiger charge is -2.18. The Kier molecular flexibility index (Phi) is 6.69. The highest BCUT2D eigenvalue weighted by atomic mass is 16.4. The van der Waals surface area contributed by atoms with Crippen molar-refractivity contribution in [3.05, 3.63) is 35.9 Å². The summed E-state index contributed by atoms with van der Waals surface area (Å²) in [6.45, 7) is 0.858. The Bertz CT molecular complexity index is 430. The summed E-state index contributed by atoms with van der Waals surface area (Å²) in [6.07, 6.45) is 2.95. The van der Waals surface area contributed by atoms with Crippen molar-refractivity contribution in [2.75, 3.05) is 6.54 Å². The molecule has 20 heavy (non-hydrogen) atoms. The minimum atomic E-state index is -1.00. The number of rotatable bonds is 3. The second-order valence-electron chi connectivity index (χ2n) is 4.57. The molecule has 2 atom stereocenters. The van der Waals surface area contributed by atoms with Crippen LogP contribution in [0.5, 0.6) is 0 Å². The molecule has 1 fully saturated rings. The van der Waals surface area contributed by atoms with Crippen molar-refractivity contribution in [3.8, 4) is 0 Å². The van der Waals surface area contributed by atoms with E-state index in [9.17, 15) is 9.59 Å². The number of nitrogens with two attached hydrogens (primary N) is 1. The predicted molar refractivity (Wildman–Crippen MR) is 74.3 cm³/mol. The molecule has 0 radical (unpaired) electrons. The molecule has 0 spiro atoms. The number of hydrogen-bond donors (Lipinski definition) is 4. The maximum absolute atomic E-state index is 10.4. The van der Waals surface area contributed by atoms with Crippen LogP contribution >= 0.6 is 0 Å². The first kappa shape index (κ1) is 16.1. The third-order valence-corrected chi connectivity index (χ3v) is 3.03. The molecule has 0 aromatic heterocycles. The molecule has 1 aliphatic rings. The molecule has 6 heteroatoms. The summed E-state index contributed by atoms with van der Waals surface area (Å²) in [5.41, 5.74) is 5.96. The van der Waals surface area contributed by atoms with Crippen LogP contribution in [0.2, 0.25) is 0 Å². The summed E-state index contributed by atoms with van der Waals surface area (Å²) >= 11 is 0. The largest absolute Gasteiger partial charge is 0.480 e. The molecular formula is C14H20N2O4. The van der Waals surface area contributed by atoms with E-state index in [-0.39, 0.29) is 6.04 Å². The Balaban J connectivity index is 0.000000204. The second kappa shape index (κ2) is 8.29. The van der Waals surface area contributed by atoms with Gasteiger partial charge < -0.3 is 21.3 Å². The van der Waals surface area contributed by atoms with E-state index in [0.717, 1.165) is 25.8 Å². The standard InChI is InChI=1S/C8H9NO2.C6H11NO2/c9-7(8(10)11)6-4-2-1-3-5-6;8-6(9)5-3-1-2-4-7-5/h1-5,7H,9H2,(H,10,11);5,7H,1-4H2,(H,8,9)/t7-;5-/m00/s1. The lowest BCUT2D eigenvalue weighted by atomic mass is 10.1. The summed E-state index contributed by atoms with van der Waals surface area (Å²) in [7, 11) is 0. The highest BCUT2D eigenvalue weighted by Crippen LogP contribution is 2.08. The highest BCUT2D eigenvalue weighted by molar-refractivity contribution is 5.75. The van der Waals surface area contributed by atoms with Gasteiger partial charge in [0.25, 0.3) is 0 Å². The fraction of sp³-hybridized carbons (Fsp3) is 0.429. The SMILES string of the molecule is N[C@H](C(=O)O)c1ccccc1.O=C(O)[C@@H]1CCCCN1. The molecule has 2 rings (SSSR count). The van der Waals surface area contributed by atoms with Crippen molar-refractivity contribution in [1.82, 2.24) is 5.32 Å². The van der Waals surface area contributed by atoms with Crippen LogP contribution in [0.1, 0.15) is 30.9 Å². The van der Waals surface area contributed by atoms with Crippen LogP contribution in [-0.2, 0) is 9.59 Å². The molecule has 6 nitrogen and oxygen atoms in total. The van der Waals surface area contributed by atoms with Crippen LogP contribution in [0.3, 0.4) is 0 Å². The molecule has 1 aliphatic heterocycles. The summed E-state index contributed by atoms with van der Waals surface area (Å²) in [5.74, 6) is -1.72. The highest BCUT2D eigenvalue weighted by Gasteiger charge is 2.18. The molecule has 0 saturated carbocycles. The Morgan fingerprint density at radius 1 is 1.20 bits per heavy atom. The van der Waals surface area contributed by atoms with Crippen LogP contribution in [0.15, 0.2) is 30.3 Å². The molecule has 0 unspecified atom stereocenters. The van der Waals surface area contributed by atoms with Gasteiger partial charge in [0.1, 0.15) is 12.1 Å². The van der Waals surface area contributed by atoms with Crippen molar-refractivity contribution in [2.45, 2.75) is 31.3 Å². The van der Waals surface area contributed by atoms with Crippen molar-refractivity contribution >= 4 is 11.9 Å². The third kappa shape index (κ3) is 5.38. The van der Waals surface area contributed by atoms with E-state index < -0.39 is 18.0 Å². The third-order valence-electron chi connectivity index (χ3n) is 3.03. The van der Waals surface area contributed by atoms with Crippen LogP contribution in [-0.4, -0.2) is 34.7 Å². The normalized spacial score (nSPS) is 19.4. The number of nitrogens with one attached hydrogen (secondary N) is 1. The molecule has 1 aromatic carbocycles. The van der Waals surface area contributed by atoms with Gasteiger partial charge in [-0.2, -0.15) is 0 Å². The predicted octanol–water partition coefficient (Wildman–Crippen LogP) is 0.984. The van der Waals surface area contributed by atoms with Crippen LogP contribution < -0.4 is 11.1 Å². The first-order valence-corrected chi connectivity index (χ1v) is 6.52. The zero-order valence-corrected chi connectivity index (χ0v) is 11.2. The van der Waals surface area contributed by atoms with Crippen molar-refractivity contribution in [2.24, 2.45) is 5.73 Å². The maximum Gasteiger partial charge on any atom is 0.325 e. The minimum Gasteiger partial charge on any atom is -0.480 e. The number of piperidine rings is 1.